The van der Waals surface area contributed by atoms with E-state index < -0.39 is 0 Å². The van der Waals surface area contributed by atoms with Gasteiger partial charge in [-0.1, -0.05) is 44.0 Å². The first-order chi connectivity index (χ1) is 14.3. The zero-order chi connectivity index (χ0) is 21.5. The molecule has 3 nitrogen and oxygen atoms in total. The average Bonchev–Trinajstić information content (AvgIpc) is 3.30. The van der Waals surface area contributed by atoms with Gasteiger partial charge >= 0.3 is 0 Å². The predicted molar refractivity (Wildman–Crippen MR) is 125 cm³/mol. The van der Waals surface area contributed by atoms with Crippen LogP contribution in [0.3, 0.4) is 0 Å². The molecule has 1 aliphatic carbocycles. The number of furan rings is 1. The Bertz CT molecular complexity index is 1160. The Labute approximate surface area is 191 Å². The lowest BCUT2D eigenvalue weighted by atomic mass is 9.72. The lowest BCUT2D eigenvalue weighted by Gasteiger charge is -2.33. The van der Waals surface area contributed by atoms with Crippen LogP contribution in [0.2, 0.25) is 10.0 Å². The van der Waals surface area contributed by atoms with E-state index in [9.17, 15) is 5.26 Å². The number of benzene rings is 1. The van der Waals surface area contributed by atoms with E-state index in [4.69, 9.17) is 27.6 Å². The molecule has 2 heterocycles. The van der Waals surface area contributed by atoms with Crippen molar-refractivity contribution in [1.29, 1.82) is 5.26 Å². The van der Waals surface area contributed by atoms with E-state index in [2.05, 4.69) is 31.8 Å². The van der Waals surface area contributed by atoms with Crippen LogP contribution in [0.5, 0.6) is 0 Å². The van der Waals surface area contributed by atoms with Crippen LogP contribution in [0, 0.1) is 22.7 Å². The topological polar surface area (TPSA) is 49.3 Å². The summed E-state index contributed by atoms with van der Waals surface area (Å²) >= 11 is 14.0. The van der Waals surface area contributed by atoms with E-state index in [1.165, 1.54) is 10.4 Å². The number of hydrogen-bond donors (Lipinski definition) is 0. The van der Waals surface area contributed by atoms with E-state index >= 15 is 0 Å². The first kappa shape index (κ1) is 21.2. The first-order valence-corrected chi connectivity index (χ1v) is 11.5. The highest BCUT2D eigenvalue weighted by atomic mass is 35.5. The molecular weight excluding hydrogens is 435 g/mol. The Morgan fingerprint density at radius 1 is 1.23 bits per heavy atom. The number of nitrogens with zero attached hydrogens (tertiary/aromatic N) is 2. The largest absolute Gasteiger partial charge is 0.455 e. The minimum absolute atomic E-state index is 0.268. The quantitative estimate of drug-likeness (QED) is 0.373. The maximum atomic E-state index is 9.73. The van der Waals surface area contributed by atoms with E-state index in [0.717, 1.165) is 29.8 Å². The van der Waals surface area contributed by atoms with E-state index in [-0.39, 0.29) is 5.41 Å². The van der Waals surface area contributed by atoms with Gasteiger partial charge < -0.3 is 4.42 Å². The van der Waals surface area contributed by atoms with Crippen LogP contribution in [0.1, 0.15) is 49.0 Å². The smallest absolute Gasteiger partial charge is 0.145 e. The van der Waals surface area contributed by atoms with Gasteiger partial charge in [-0.05, 0) is 66.5 Å². The van der Waals surface area contributed by atoms with Crippen LogP contribution in [0.25, 0.3) is 11.3 Å². The van der Waals surface area contributed by atoms with Crippen LogP contribution in [0.4, 0.5) is 5.00 Å². The van der Waals surface area contributed by atoms with Crippen LogP contribution in [-0.4, -0.2) is 6.21 Å². The number of rotatable bonds is 3. The lowest BCUT2D eigenvalue weighted by molar-refractivity contribution is 0.218. The Morgan fingerprint density at radius 2 is 2.03 bits per heavy atom. The summed E-state index contributed by atoms with van der Waals surface area (Å²) in [6.07, 6.45) is 4.75. The predicted octanol–water partition coefficient (Wildman–Crippen LogP) is 8.09. The number of fused-ring (bicyclic) bond motifs is 1. The van der Waals surface area contributed by atoms with Crippen molar-refractivity contribution < 1.29 is 4.42 Å². The summed E-state index contributed by atoms with van der Waals surface area (Å²) in [5.41, 5.74) is 2.90. The highest BCUT2D eigenvalue weighted by Gasteiger charge is 2.32. The van der Waals surface area contributed by atoms with Gasteiger partial charge in [-0.3, -0.25) is 0 Å². The molecule has 0 N–H and O–H groups in total. The SMILES string of the molecule is CC(C)(C)[C@H]1CCc2c(sc(N=Cc3ccc(-c4cc(Cl)ccc4Cl)o3)c2C#N)C1. The van der Waals surface area contributed by atoms with Crippen LogP contribution in [-0.2, 0) is 12.8 Å². The molecule has 1 aliphatic rings. The molecule has 0 saturated carbocycles. The van der Waals surface area contributed by atoms with Crippen molar-refractivity contribution in [2.24, 2.45) is 16.3 Å². The van der Waals surface area contributed by atoms with Crippen LogP contribution in [0.15, 0.2) is 39.7 Å². The van der Waals surface area contributed by atoms with Gasteiger partial charge in [0.15, 0.2) is 0 Å². The molecule has 154 valence electrons. The van der Waals surface area contributed by atoms with Gasteiger partial charge in [0.05, 0.1) is 16.8 Å². The number of hydrogen-bond acceptors (Lipinski definition) is 4. The first-order valence-electron chi connectivity index (χ1n) is 9.90. The summed E-state index contributed by atoms with van der Waals surface area (Å²) in [5.74, 6) is 1.86. The molecule has 6 heteroatoms. The maximum absolute atomic E-state index is 9.73. The van der Waals surface area contributed by atoms with Crippen molar-refractivity contribution in [3.8, 4) is 17.4 Å². The normalized spacial score (nSPS) is 16.6. The summed E-state index contributed by atoms with van der Waals surface area (Å²) in [6.45, 7) is 6.88. The highest BCUT2D eigenvalue weighted by molar-refractivity contribution is 7.16. The Kier molecular flexibility index (Phi) is 5.81. The molecule has 0 radical (unpaired) electrons. The molecule has 1 atom stereocenters. The van der Waals surface area contributed by atoms with Crippen molar-refractivity contribution in [1.82, 2.24) is 0 Å². The maximum Gasteiger partial charge on any atom is 0.145 e. The molecule has 30 heavy (non-hydrogen) atoms. The molecule has 0 saturated heterocycles. The summed E-state index contributed by atoms with van der Waals surface area (Å²) in [4.78, 5) is 5.91. The Balaban J connectivity index is 1.60. The second-order valence-electron chi connectivity index (χ2n) is 8.69. The number of aliphatic imine (C=N–C) groups is 1. The molecule has 4 rings (SSSR count). The fourth-order valence-electron chi connectivity index (χ4n) is 3.89. The minimum Gasteiger partial charge on any atom is -0.455 e. The molecule has 0 spiro atoms. The number of halogens is 2. The molecule has 0 amide bonds. The zero-order valence-electron chi connectivity index (χ0n) is 17.1. The van der Waals surface area contributed by atoms with Gasteiger partial charge in [0, 0.05) is 15.5 Å². The molecule has 0 bridgehead atoms. The molecule has 1 aromatic carbocycles. The van der Waals surface area contributed by atoms with E-state index in [1.807, 2.05) is 12.1 Å². The molecule has 2 aromatic heterocycles. The molecule has 3 aromatic rings. The van der Waals surface area contributed by atoms with Crippen molar-refractivity contribution in [3.05, 3.63) is 62.1 Å². The summed E-state index contributed by atoms with van der Waals surface area (Å²) in [7, 11) is 0. The zero-order valence-corrected chi connectivity index (χ0v) is 19.5. The van der Waals surface area contributed by atoms with Gasteiger partial charge in [0.2, 0.25) is 0 Å². The third-order valence-electron chi connectivity index (χ3n) is 5.71. The van der Waals surface area contributed by atoms with E-state index in [1.54, 1.807) is 35.8 Å². The third-order valence-corrected chi connectivity index (χ3v) is 7.44. The summed E-state index contributed by atoms with van der Waals surface area (Å²) in [6, 6.07) is 11.3. The minimum atomic E-state index is 0.268. The standard InChI is InChI=1S/C24H22Cl2N2OS/c1-24(2,3)14-4-7-17-19(12-27)23(30-22(17)10-14)28-13-16-6-9-21(29-16)18-11-15(25)5-8-20(18)26/h5-6,8-9,11,13-14H,4,7,10H2,1-3H3/t14-/m0/s1. The average molecular weight is 457 g/mol. The van der Waals surface area contributed by atoms with Crippen molar-refractivity contribution in [2.75, 3.05) is 0 Å². The van der Waals surface area contributed by atoms with Crippen LogP contribution < -0.4 is 0 Å². The molecule has 0 unspecified atom stereocenters. The second-order valence-corrected chi connectivity index (χ2v) is 10.6. The lowest BCUT2D eigenvalue weighted by Crippen LogP contribution is -2.26. The fraction of sp³-hybridized carbons (Fsp3) is 0.333. The Morgan fingerprint density at radius 3 is 2.77 bits per heavy atom. The molecule has 0 fully saturated rings. The van der Waals surface area contributed by atoms with E-state index in [0.29, 0.717) is 33.0 Å². The summed E-state index contributed by atoms with van der Waals surface area (Å²) in [5, 5.41) is 11.7. The summed E-state index contributed by atoms with van der Waals surface area (Å²) < 4.78 is 5.89. The van der Waals surface area contributed by atoms with Crippen molar-refractivity contribution >= 4 is 45.8 Å². The number of nitriles is 1. The van der Waals surface area contributed by atoms with Gasteiger partial charge in [0.25, 0.3) is 0 Å². The van der Waals surface area contributed by atoms with Gasteiger partial charge in [-0.25, -0.2) is 4.99 Å². The third kappa shape index (κ3) is 4.21. The van der Waals surface area contributed by atoms with Gasteiger partial charge in [-0.2, -0.15) is 5.26 Å². The Hall–Kier alpha value is -2.06. The highest BCUT2D eigenvalue weighted by Crippen LogP contribution is 2.45. The fourth-order valence-corrected chi connectivity index (χ4v) is 5.50. The number of thiophene rings is 1. The van der Waals surface area contributed by atoms with Crippen molar-refractivity contribution in [3.63, 3.8) is 0 Å². The molecular formula is C24H22Cl2N2OS. The van der Waals surface area contributed by atoms with Crippen LogP contribution >= 0.6 is 34.5 Å². The molecule has 0 aliphatic heterocycles. The second kappa shape index (κ2) is 8.23. The monoisotopic (exact) mass is 456 g/mol. The van der Waals surface area contributed by atoms with Gasteiger partial charge in [-0.15, -0.1) is 11.3 Å². The van der Waals surface area contributed by atoms with Gasteiger partial charge in [0.1, 0.15) is 22.6 Å². The van der Waals surface area contributed by atoms with Crippen molar-refractivity contribution in [2.45, 2.75) is 40.0 Å².